The quantitative estimate of drug-likeness (QED) is 0.804. The monoisotopic (exact) mass is 294 g/mol. The van der Waals surface area contributed by atoms with E-state index in [0.29, 0.717) is 30.6 Å². The number of rotatable bonds is 4. The second-order valence-corrected chi connectivity index (χ2v) is 5.10. The lowest BCUT2D eigenvalue weighted by Crippen LogP contribution is -2.11. The van der Waals surface area contributed by atoms with Gasteiger partial charge >= 0.3 is 0 Å². The normalized spacial score (nSPS) is 10.8. The minimum absolute atomic E-state index is 0.303. The van der Waals surface area contributed by atoms with Gasteiger partial charge in [-0.25, -0.2) is 9.37 Å². The molecule has 110 valence electrons. The molecule has 0 aliphatic heterocycles. The third kappa shape index (κ3) is 2.69. The topological polar surface area (TPSA) is 67.6 Å². The third-order valence-corrected chi connectivity index (χ3v) is 3.55. The van der Waals surface area contributed by atoms with Crippen molar-refractivity contribution >= 4 is 11.0 Å². The Labute approximate surface area is 127 Å². The molecule has 0 amide bonds. The molecule has 2 aromatic carbocycles. The molecule has 1 aromatic heterocycles. The van der Waals surface area contributed by atoms with Crippen LogP contribution in [0.15, 0.2) is 42.5 Å². The highest BCUT2D eigenvalue weighted by Gasteiger charge is 2.11. The van der Waals surface area contributed by atoms with Crippen molar-refractivity contribution in [3.05, 3.63) is 65.2 Å². The number of nitrogens with zero attached hydrogens (tertiary/aromatic N) is 3. The standard InChI is InChI=1S/C17H15FN4/c18-14-4-5-16-15(9-14)21-17(6-7-19)22(16)11-13-3-1-2-12(8-13)10-20/h1-5,8-9H,6-7,11,19H2. The van der Waals surface area contributed by atoms with Gasteiger partial charge in [-0.1, -0.05) is 12.1 Å². The van der Waals surface area contributed by atoms with E-state index in [1.165, 1.54) is 12.1 Å². The second-order valence-electron chi connectivity index (χ2n) is 5.10. The maximum absolute atomic E-state index is 13.4. The first-order chi connectivity index (χ1) is 10.7. The van der Waals surface area contributed by atoms with Crippen LogP contribution >= 0.6 is 0 Å². The number of nitrogens with two attached hydrogens (primary N) is 1. The van der Waals surface area contributed by atoms with Crippen LogP contribution in [0.2, 0.25) is 0 Å². The Hall–Kier alpha value is -2.71. The summed E-state index contributed by atoms with van der Waals surface area (Å²) in [5, 5.41) is 9.00. The van der Waals surface area contributed by atoms with Crippen LogP contribution in [-0.2, 0) is 13.0 Å². The van der Waals surface area contributed by atoms with Crippen LogP contribution in [0.1, 0.15) is 17.0 Å². The summed E-state index contributed by atoms with van der Waals surface area (Å²) in [6.45, 7) is 1.05. The lowest BCUT2D eigenvalue weighted by molar-refractivity contribution is 0.629. The molecule has 3 aromatic rings. The number of benzene rings is 2. The maximum atomic E-state index is 13.4. The van der Waals surface area contributed by atoms with Crippen LogP contribution in [0.25, 0.3) is 11.0 Å². The zero-order valence-electron chi connectivity index (χ0n) is 12.0. The summed E-state index contributed by atoms with van der Waals surface area (Å²) < 4.78 is 15.4. The lowest BCUT2D eigenvalue weighted by atomic mass is 10.1. The van der Waals surface area contributed by atoms with Crippen LogP contribution < -0.4 is 5.73 Å². The summed E-state index contributed by atoms with van der Waals surface area (Å²) in [7, 11) is 0. The first kappa shape index (κ1) is 14.2. The molecule has 0 saturated carbocycles. The highest BCUT2D eigenvalue weighted by Crippen LogP contribution is 2.20. The first-order valence-corrected chi connectivity index (χ1v) is 7.05. The van der Waals surface area contributed by atoms with Gasteiger partial charge in [0, 0.05) is 19.0 Å². The van der Waals surface area contributed by atoms with Gasteiger partial charge < -0.3 is 10.3 Å². The van der Waals surface area contributed by atoms with E-state index >= 15 is 0 Å². The van der Waals surface area contributed by atoms with Crippen LogP contribution in [-0.4, -0.2) is 16.1 Å². The molecule has 0 aliphatic carbocycles. The van der Waals surface area contributed by atoms with Crippen molar-refractivity contribution in [2.24, 2.45) is 5.73 Å². The summed E-state index contributed by atoms with van der Waals surface area (Å²) in [5.74, 6) is 0.522. The van der Waals surface area contributed by atoms with E-state index in [2.05, 4.69) is 11.1 Å². The van der Waals surface area contributed by atoms with Crippen molar-refractivity contribution in [1.29, 1.82) is 5.26 Å². The summed E-state index contributed by atoms with van der Waals surface area (Å²) >= 11 is 0. The maximum Gasteiger partial charge on any atom is 0.125 e. The molecule has 22 heavy (non-hydrogen) atoms. The summed E-state index contributed by atoms with van der Waals surface area (Å²) in [5.41, 5.74) is 8.76. The van der Waals surface area contributed by atoms with Gasteiger partial charge in [-0.05, 0) is 36.4 Å². The molecule has 2 N–H and O–H groups in total. The third-order valence-electron chi connectivity index (χ3n) is 3.55. The molecule has 3 rings (SSSR count). The van der Waals surface area contributed by atoms with Gasteiger partial charge in [0.25, 0.3) is 0 Å². The smallest absolute Gasteiger partial charge is 0.125 e. The van der Waals surface area contributed by atoms with E-state index < -0.39 is 0 Å². The fraction of sp³-hybridized carbons (Fsp3) is 0.176. The van der Waals surface area contributed by atoms with E-state index in [-0.39, 0.29) is 5.82 Å². The number of aromatic nitrogens is 2. The SMILES string of the molecule is N#Cc1cccc(Cn2c(CCN)nc3cc(F)ccc32)c1. The number of hydrogen-bond donors (Lipinski definition) is 1. The molecule has 0 spiro atoms. The fourth-order valence-corrected chi connectivity index (χ4v) is 2.57. The Morgan fingerprint density at radius 1 is 1.23 bits per heavy atom. The van der Waals surface area contributed by atoms with Crippen molar-refractivity contribution in [3.8, 4) is 6.07 Å². The van der Waals surface area contributed by atoms with Crippen LogP contribution in [0.5, 0.6) is 0 Å². The number of halogens is 1. The van der Waals surface area contributed by atoms with E-state index in [0.717, 1.165) is 16.9 Å². The largest absolute Gasteiger partial charge is 0.330 e. The van der Waals surface area contributed by atoms with Crippen LogP contribution in [0.3, 0.4) is 0 Å². The average Bonchev–Trinajstić information content (AvgIpc) is 2.84. The van der Waals surface area contributed by atoms with E-state index in [1.54, 1.807) is 12.1 Å². The highest BCUT2D eigenvalue weighted by atomic mass is 19.1. The fourth-order valence-electron chi connectivity index (χ4n) is 2.57. The summed E-state index contributed by atoms with van der Waals surface area (Å²) in [6, 6.07) is 14.2. The Kier molecular flexibility index (Phi) is 3.86. The predicted molar refractivity (Wildman–Crippen MR) is 82.7 cm³/mol. The Morgan fingerprint density at radius 2 is 2.09 bits per heavy atom. The molecule has 0 bridgehead atoms. The van der Waals surface area contributed by atoms with Crippen molar-refractivity contribution in [3.63, 3.8) is 0 Å². The minimum atomic E-state index is -0.303. The lowest BCUT2D eigenvalue weighted by Gasteiger charge is -2.09. The zero-order valence-corrected chi connectivity index (χ0v) is 12.0. The van der Waals surface area contributed by atoms with Gasteiger partial charge in [0.1, 0.15) is 11.6 Å². The number of hydrogen-bond acceptors (Lipinski definition) is 3. The average molecular weight is 294 g/mol. The molecule has 0 radical (unpaired) electrons. The zero-order chi connectivity index (χ0) is 15.5. The van der Waals surface area contributed by atoms with E-state index in [1.807, 2.05) is 22.8 Å². The predicted octanol–water partition coefficient (Wildman–Crippen LogP) is 2.60. The molecule has 0 atom stereocenters. The summed E-state index contributed by atoms with van der Waals surface area (Å²) in [4.78, 5) is 4.48. The van der Waals surface area contributed by atoms with E-state index in [9.17, 15) is 4.39 Å². The van der Waals surface area contributed by atoms with Crippen molar-refractivity contribution in [1.82, 2.24) is 9.55 Å². The molecule has 1 heterocycles. The Balaban J connectivity index is 2.07. The molecular weight excluding hydrogens is 279 g/mol. The molecule has 4 nitrogen and oxygen atoms in total. The molecule has 5 heteroatoms. The van der Waals surface area contributed by atoms with Gasteiger partial charge in [0.15, 0.2) is 0 Å². The molecule has 0 saturated heterocycles. The Morgan fingerprint density at radius 3 is 2.86 bits per heavy atom. The molecule has 0 unspecified atom stereocenters. The number of fused-ring (bicyclic) bond motifs is 1. The van der Waals surface area contributed by atoms with Crippen molar-refractivity contribution in [2.75, 3.05) is 6.54 Å². The van der Waals surface area contributed by atoms with Gasteiger partial charge in [-0.15, -0.1) is 0 Å². The Bertz CT molecular complexity index is 861. The van der Waals surface area contributed by atoms with E-state index in [4.69, 9.17) is 11.0 Å². The van der Waals surface area contributed by atoms with Gasteiger partial charge in [0.2, 0.25) is 0 Å². The molecular formula is C17H15FN4. The molecule has 0 aliphatic rings. The highest BCUT2D eigenvalue weighted by molar-refractivity contribution is 5.76. The minimum Gasteiger partial charge on any atom is -0.330 e. The van der Waals surface area contributed by atoms with Gasteiger partial charge in [-0.2, -0.15) is 5.26 Å². The van der Waals surface area contributed by atoms with Crippen LogP contribution in [0.4, 0.5) is 4.39 Å². The summed E-state index contributed by atoms with van der Waals surface area (Å²) in [6.07, 6.45) is 0.619. The molecule has 0 fully saturated rings. The number of imidazole rings is 1. The van der Waals surface area contributed by atoms with Gasteiger partial charge in [0.05, 0.1) is 22.7 Å². The first-order valence-electron chi connectivity index (χ1n) is 7.05. The number of nitriles is 1. The second kappa shape index (κ2) is 5.96. The van der Waals surface area contributed by atoms with Crippen molar-refractivity contribution < 1.29 is 4.39 Å². The van der Waals surface area contributed by atoms with Crippen molar-refractivity contribution in [2.45, 2.75) is 13.0 Å². The van der Waals surface area contributed by atoms with Gasteiger partial charge in [-0.3, -0.25) is 0 Å². The van der Waals surface area contributed by atoms with Crippen LogP contribution in [0, 0.1) is 17.1 Å².